The van der Waals surface area contributed by atoms with Gasteiger partial charge in [0, 0.05) is 5.56 Å². The average molecular weight is 411 g/mol. The highest BCUT2D eigenvalue weighted by Crippen LogP contribution is 2.26. The predicted octanol–water partition coefficient (Wildman–Crippen LogP) is 9.70. The average Bonchev–Trinajstić information content (AvgIpc) is 2.76. The molecular weight excluding hydrogens is 367 g/mol. The number of rotatable bonds is 12. The summed E-state index contributed by atoms with van der Waals surface area (Å²) in [4.78, 5) is 0. The quantitative estimate of drug-likeness (QED) is 0.305. The van der Waals surface area contributed by atoms with Gasteiger partial charge in [-0.3, -0.25) is 0 Å². The van der Waals surface area contributed by atoms with Gasteiger partial charge in [0.05, 0.1) is 0 Å². The summed E-state index contributed by atoms with van der Waals surface area (Å²) in [5.41, 5.74) is 5.25. The zero-order valence-electron chi connectivity index (χ0n) is 20.1. The Bertz CT molecular complexity index is 727. The Labute approximate surface area is 185 Å². The van der Waals surface area contributed by atoms with Crippen LogP contribution in [0.5, 0.6) is 0 Å². The van der Waals surface area contributed by atoms with E-state index in [0.717, 1.165) is 42.7 Å². The minimum Gasteiger partial charge on any atom is -0.206 e. The largest absolute Gasteiger partial charge is 0.206 e. The van der Waals surface area contributed by atoms with Gasteiger partial charge in [-0.25, -0.2) is 4.39 Å². The first-order chi connectivity index (χ1) is 14.5. The van der Waals surface area contributed by atoms with E-state index in [1.165, 1.54) is 43.2 Å². The van der Waals surface area contributed by atoms with Crippen molar-refractivity contribution >= 4 is 0 Å². The maximum Gasteiger partial charge on any atom is 0.131 e. The zero-order valence-corrected chi connectivity index (χ0v) is 20.1. The molecule has 0 aliphatic rings. The molecule has 0 aromatic heterocycles. The Morgan fingerprint density at radius 3 is 2.23 bits per heavy atom. The van der Waals surface area contributed by atoms with Crippen LogP contribution in [0, 0.1) is 18.7 Å². The lowest BCUT2D eigenvalue weighted by molar-refractivity contribution is 0.419. The van der Waals surface area contributed by atoms with E-state index in [2.05, 4.69) is 26.5 Å². The van der Waals surface area contributed by atoms with Crippen molar-refractivity contribution in [1.82, 2.24) is 0 Å². The second-order valence-electron chi connectivity index (χ2n) is 8.24. The second-order valence-corrected chi connectivity index (χ2v) is 8.24. The van der Waals surface area contributed by atoms with Gasteiger partial charge in [-0.05, 0) is 62.1 Å². The molecule has 0 spiro atoms. The van der Waals surface area contributed by atoms with Gasteiger partial charge in [-0.1, -0.05) is 107 Å². The molecule has 2 aromatic carbocycles. The lowest BCUT2D eigenvalue weighted by atomic mass is 9.91. The van der Waals surface area contributed by atoms with Crippen molar-refractivity contribution in [3.05, 3.63) is 71.6 Å². The molecule has 1 atom stereocenters. The molecule has 0 N–H and O–H groups in total. The first-order valence-electron chi connectivity index (χ1n) is 12.1. The summed E-state index contributed by atoms with van der Waals surface area (Å²) >= 11 is 0. The van der Waals surface area contributed by atoms with Crippen molar-refractivity contribution in [1.29, 1.82) is 0 Å². The molecule has 1 unspecified atom stereocenters. The Balaban J connectivity index is 0.00000218. The van der Waals surface area contributed by atoms with Crippen molar-refractivity contribution < 1.29 is 4.39 Å². The molecule has 0 aliphatic carbocycles. The third-order valence-electron chi connectivity index (χ3n) is 5.84. The van der Waals surface area contributed by atoms with Crippen LogP contribution in [-0.4, -0.2) is 0 Å². The third-order valence-corrected chi connectivity index (χ3v) is 5.84. The van der Waals surface area contributed by atoms with Crippen LogP contribution in [0.15, 0.2) is 54.6 Å². The first kappa shape index (κ1) is 26.1. The molecule has 1 heteroatoms. The minimum absolute atomic E-state index is 0.123. The maximum atomic E-state index is 14.6. The van der Waals surface area contributed by atoms with Crippen molar-refractivity contribution in [3.63, 3.8) is 0 Å². The monoisotopic (exact) mass is 410 g/mol. The summed E-state index contributed by atoms with van der Waals surface area (Å²) < 4.78 is 14.6. The maximum absolute atomic E-state index is 14.6. The number of unbranched alkanes of at least 4 members (excludes halogenated alkanes) is 1. The van der Waals surface area contributed by atoms with Crippen LogP contribution in [0.1, 0.15) is 90.2 Å². The number of benzene rings is 2. The molecule has 0 bridgehead atoms. The molecule has 0 heterocycles. The van der Waals surface area contributed by atoms with Gasteiger partial charge in [-0.15, -0.1) is 0 Å². The fraction of sp³-hybridized carbons (Fsp3) is 0.517. The molecule has 0 amide bonds. The zero-order chi connectivity index (χ0) is 22.4. The summed E-state index contributed by atoms with van der Waals surface area (Å²) in [7, 11) is 0. The topological polar surface area (TPSA) is 0 Å². The fourth-order valence-corrected chi connectivity index (χ4v) is 3.80. The Hall–Kier alpha value is -1.89. The van der Waals surface area contributed by atoms with E-state index in [-0.39, 0.29) is 5.82 Å². The molecular formula is C29H43F. The highest BCUT2D eigenvalue weighted by Gasteiger charge is 2.08. The van der Waals surface area contributed by atoms with E-state index < -0.39 is 0 Å². The molecule has 0 fully saturated rings. The van der Waals surface area contributed by atoms with Crippen molar-refractivity contribution in [2.45, 2.75) is 92.4 Å². The molecule has 0 radical (unpaired) electrons. The highest BCUT2D eigenvalue weighted by molar-refractivity contribution is 5.64. The van der Waals surface area contributed by atoms with Crippen LogP contribution in [-0.2, 0) is 6.42 Å². The van der Waals surface area contributed by atoms with Gasteiger partial charge in [0.15, 0.2) is 0 Å². The van der Waals surface area contributed by atoms with Gasteiger partial charge in [-0.2, -0.15) is 0 Å². The molecule has 0 aliphatic heterocycles. The van der Waals surface area contributed by atoms with Gasteiger partial charge >= 0.3 is 0 Å². The summed E-state index contributed by atoms with van der Waals surface area (Å²) in [6.45, 7) is 14.9. The number of halogens is 1. The predicted molar refractivity (Wildman–Crippen MR) is 133 cm³/mol. The fourth-order valence-electron chi connectivity index (χ4n) is 3.80. The summed E-state index contributed by atoms with van der Waals surface area (Å²) in [5, 5.41) is 0. The molecule has 30 heavy (non-hydrogen) atoms. The van der Waals surface area contributed by atoms with Crippen LogP contribution in [0.2, 0.25) is 0 Å². The van der Waals surface area contributed by atoms with Crippen LogP contribution < -0.4 is 0 Å². The van der Waals surface area contributed by atoms with E-state index >= 15 is 0 Å². The molecule has 2 rings (SSSR count). The standard InChI is InChI=1S/C27H37F.C2H6/c1-5-7-10-23(6-2)15-12-21(3)9-8-11-24-16-19-26(27(28)20-24)25-17-13-22(4)14-18-25;1-2/h13-14,16-20,23H,3,5-12,15H2,1-2,4H3;1-2H3. The number of allylic oxidation sites excluding steroid dienone is 1. The lowest BCUT2D eigenvalue weighted by Crippen LogP contribution is -2.00. The van der Waals surface area contributed by atoms with Crippen molar-refractivity contribution in [2.24, 2.45) is 5.92 Å². The third kappa shape index (κ3) is 9.28. The number of hydrogen-bond acceptors (Lipinski definition) is 0. The number of hydrogen-bond donors (Lipinski definition) is 0. The van der Waals surface area contributed by atoms with E-state index in [1.807, 2.05) is 51.1 Å². The highest BCUT2D eigenvalue weighted by atomic mass is 19.1. The second kappa shape index (κ2) is 15.0. The molecule has 0 saturated heterocycles. The van der Waals surface area contributed by atoms with Gasteiger partial charge in [0.25, 0.3) is 0 Å². The van der Waals surface area contributed by atoms with Crippen LogP contribution in [0.4, 0.5) is 4.39 Å². The summed E-state index contributed by atoms with van der Waals surface area (Å²) in [5.74, 6) is 0.724. The van der Waals surface area contributed by atoms with Crippen LogP contribution in [0.3, 0.4) is 0 Å². The van der Waals surface area contributed by atoms with Crippen molar-refractivity contribution in [3.8, 4) is 11.1 Å². The van der Waals surface area contributed by atoms with E-state index in [1.54, 1.807) is 6.07 Å². The molecule has 166 valence electrons. The Kier molecular flexibility index (Phi) is 13.1. The first-order valence-corrected chi connectivity index (χ1v) is 12.1. The van der Waals surface area contributed by atoms with E-state index in [9.17, 15) is 4.39 Å². The Morgan fingerprint density at radius 1 is 0.933 bits per heavy atom. The van der Waals surface area contributed by atoms with Crippen molar-refractivity contribution in [2.75, 3.05) is 0 Å². The summed E-state index contributed by atoms with van der Waals surface area (Å²) in [6.07, 6.45) is 10.7. The van der Waals surface area contributed by atoms with Crippen LogP contribution in [0.25, 0.3) is 11.1 Å². The normalized spacial score (nSPS) is 11.5. The SMILES string of the molecule is C=C(CCCc1ccc(-c2ccc(C)cc2)c(F)c1)CCC(CC)CCCC.CC. The van der Waals surface area contributed by atoms with Crippen LogP contribution >= 0.6 is 0 Å². The lowest BCUT2D eigenvalue weighted by Gasteiger charge is -2.15. The Morgan fingerprint density at radius 2 is 1.63 bits per heavy atom. The van der Waals surface area contributed by atoms with Gasteiger partial charge in [0.2, 0.25) is 0 Å². The van der Waals surface area contributed by atoms with Gasteiger partial charge < -0.3 is 0 Å². The summed E-state index contributed by atoms with van der Waals surface area (Å²) in [6, 6.07) is 13.7. The van der Waals surface area contributed by atoms with Gasteiger partial charge in [0.1, 0.15) is 5.82 Å². The smallest absolute Gasteiger partial charge is 0.131 e. The van der Waals surface area contributed by atoms with E-state index in [0.29, 0.717) is 5.56 Å². The minimum atomic E-state index is -0.123. The molecule has 2 aromatic rings. The molecule has 0 saturated carbocycles. The molecule has 0 nitrogen and oxygen atoms in total. The van der Waals surface area contributed by atoms with E-state index in [4.69, 9.17) is 0 Å². The number of aryl methyl sites for hydroxylation is 2.